The third kappa shape index (κ3) is 2.93. The molecule has 2 aromatic carbocycles. The van der Waals surface area contributed by atoms with Gasteiger partial charge in [-0.05, 0) is 52.7 Å². The number of rotatable bonds is 3. The highest BCUT2D eigenvalue weighted by atomic mass is 79.9. The molecule has 0 aromatic heterocycles. The molecule has 98 valence electrons. The van der Waals surface area contributed by atoms with Gasteiger partial charge in [-0.15, -0.1) is 0 Å². The summed E-state index contributed by atoms with van der Waals surface area (Å²) in [6, 6.07) is 9.24. The van der Waals surface area contributed by atoms with E-state index in [0.29, 0.717) is 10.2 Å². The number of hydrogen-bond acceptors (Lipinski definition) is 2. The summed E-state index contributed by atoms with van der Waals surface area (Å²) in [5, 5.41) is 9.01. The van der Waals surface area contributed by atoms with Crippen molar-refractivity contribution in [1.82, 2.24) is 0 Å². The molecule has 0 aliphatic rings. The van der Waals surface area contributed by atoms with Crippen molar-refractivity contribution in [1.29, 1.82) is 0 Å². The topological polar surface area (TPSA) is 46.5 Å². The van der Waals surface area contributed by atoms with Gasteiger partial charge in [0.1, 0.15) is 22.9 Å². The Morgan fingerprint density at radius 3 is 2.63 bits per heavy atom. The first-order valence-corrected chi connectivity index (χ1v) is 6.24. The Balaban J connectivity index is 2.44. The molecule has 3 nitrogen and oxygen atoms in total. The van der Waals surface area contributed by atoms with Crippen LogP contribution >= 0.6 is 15.9 Å². The minimum absolute atomic E-state index is 0.0305. The largest absolute Gasteiger partial charge is 0.477 e. The maximum absolute atomic E-state index is 13.5. The first-order valence-electron chi connectivity index (χ1n) is 5.45. The molecule has 0 unspecified atom stereocenters. The molecule has 0 spiro atoms. The van der Waals surface area contributed by atoms with E-state index >= 15 is 0 Å². The van der Waals surface area contributed by atoms with Crippen molar-refractivity contribution in [2.45, 2.75) is 6.92 Å². The van der Waals surface area contributed by atoms with E-state index in [1.165, 1.54) is 12.1 Å². The Morgan fingerprint density at radius 2 is 2.00 bits per heavy atom. The molecule has 0 amide bonds. The number of hydrogen-bond donors (Lipinski definition) is 1. The zero-order valence-electron chi connectivity index (χ0n) is 9.98. The van der Waals surface area contributed by atoms with Crippen molar-refractivity contribution in [3.8, 4) is 11.5 Å². The third-order valence-electron chi connectivity index (χ3n) is 2.50. The van der Waals surface area contributed by atoms with Crippen LogP contribution in [0.25, 0.3) is 0 Å². The summed E-state index contributed by atoms with van der Waals surface area (Å²) in [4.78, 5) is 11.0. The van der Waals surface area contributed by atoms with Crippen LogP contribution in [0.3, 0.4) is 0 Å². The van der Waals surface area contributed by atoms with Crippen molar-refractivity contribution < 1.29 is 19.0 Å². The average Bonchev–Trinajstić information content (AvgIpc) is 2.32. The number of ether oxygens (including phenoxy) is 1. The number of aromatic carboxylic acids is 1. The van der Waals surface area contributed by atoms with Crippen molar-refractivity contribution in [3.05, 3.63) is 57.8 Å². The summed E-state index contributed by atoms with van der Waals surface area (Å²) in [5.74, 6) is -1.79. The molecule has 5 heteroatoms. The molecule has 2 aromatic rings. The van der Waals surface area contributed by atoms with Crippen LogP contribution in [-0.4, -0.2) is 11.1 Å². The van der Waals surface area contributed by atoms with Crippen molar-refractivity contribution in [2.75, 3.05) is 0 Å². The molecule has 19 heavy (non-hydrogen) atoms. The van der Waals surface area contributed by atoms with Crippen molar-refractivity contribution in [3.63, 3.8) is 0 Å². The molecule has 0 saturated carbocycles. The quantitative estimate of drug-likeness (QED) is 0.910. The first kappa shape index (κ1) is 13.5. The second kappa shape index (κ2) is 5.40. The van der Waals surface area contributed by atoms with Gasteiger partial charge >= 0.3 is 5.97 Å². The molecule has 0 heterocycles. The number of carboxylic acids is 1. The van der Waals surface area contributed by atoms with Crippen molar-refractivity contribution in [2.24, 2.45) is 0 Å². The molecular formula is C14H10BrFO3. The second-order valence-corrected chi connectivity index (χ2v) is 4.81. The Kier molecular flexibility index (Phi) is 3.85. The highest BCUT2D eigenvalue weighted by Crippen LogP contribution is 2.32. The maximum Gasteiger partial charge on any atom is 0.342 e. The SMILES string of the molecule is Cc1ccc(Oc2cccc(F)c2C(=O)O)c(Br)c1. The Bertz CT molecular complexity index is 641. The number of halogens is 2. The van der Waals surface area contributed by atoms with Crippen LogP contribution in [0.5, 0.6) is 11.5 Å². The summed E-state index contributed by atoms with van der Waals surface area (Å²) in [7, 11) is 0. The van der Waals surface area contributed by atoms with E-state index in [2.05, 4.69) is 15.9 Å². The average molecular weight is 325 g/mol. The molecule has 0 bridgehead atoms. The molecule has 0 atom stereocenters. The zero-order valence-corrected chi connectivity index (χ0v) is 11.6. The van der Waals surface area contributed by atoms with Gasteiger partial charge in [-0.2, -0.15) is 0 Å². The van der Waals surface area contributed by atoms with E-state index < -0.39 is 17.3 Å². The van der Waals surface area contributed by atoms with Crippen LogP contribution in [0.15, 0.2) is 40.9 Å². The number of carboxylic acid groups (broad SMARTS) is 1. The smallest absolute Gasteiger partial charge is 0.342 e. The van der Waals surface area contributed by atoms with Gasteiger partial charge in [0.25, 0.3) is 0 Å². The molecular weight excluding hydrogens is 315 g/mol. The minimum atomic E-state index is -1.36. The summed E-state index contributed by atoms with van der Waals surface area (Å²) in [6.45, 7) is 1.92. The lowest BCUT2D eigenvalue weighted by Gasteiger charge is -2.11. The Labute approximate surface area is 117 Å². The summed E-state index contributed by atoms with van der Waals surface area (Å²) in [6.07, 6.45) is 0. The van der Waals surface area contributed by atoms with Gasteiger partial charge in [-0.3, -0.25) is 0 Å². The predicted molar refractivity (Wildman–Crippen MR) is 72.3 cm³/mol. The van der Waals surface area contributed by atoms with Gasteiger partial charge < -0.3 is 9.84 Å². The first-order chi connectivity index (χ1) is 8.99. The van der Waals surface area contributed by atoms with Gasteiger partial charge in [0.2, 0.25) is 0 Å². The van der Waals surface area contributed by atoms with Gasteiger partial charge in [-0.1, -0.05) is 12.1 Å². The fraction of sp³-hybridized carbons (Fsp3) is 0.0714. The highest BCUT2D eigenvalue weighted by Gasteiger charge is 2.18. The number of benzene rings is 2. The maximum atomic E-state index is 13.5. The third-order valence-corrected chi connectivity index (χ3v) is 3.12. The lowest BCUT2D eigenvalue weighted by molar-refractivity contribution is 0.0689. The molecule has 0 saturated heterocycles. The summed E-state index contributed by atoms with van der Waals surface area (Å²) >= 11 is 3.32. The highest BCUT2D eigenvalue weighted by molar-refractivity contribution is 9.10. The molecule has 0 aliphatic carbocycles. The van der Waals surface area contributed by atoms with E-state index in [0.717, 1.165) is 11.6 Å². The van der Waals surface area contributed by atoms with E-state index in [9.17, 15) is 9.18 Å². The van der Waals surface area contributed by atoms with E-state index in [1.54, 1.807) is 6.07 Å². The molecule has 2 rings (SSSR count). The van der Waals surface area contributed by atoms with Gasteiger partial charge in [0, 0.05) is 0 Å². The van der Waals surface area contributed by atoms with Crippen LogP contribution in [-0.2, 0) is 0 Å². The monoisotopic (exact) mass is 324 g/mol. The van der Waals surface area contributed by atoms with E-state index in [1.807, 2.05) is 19.1 Å². The molecule has 1 N–H and O–H groups in total. The lowest BCUT2D eigenvalue weighted by atomic mass is 10.2. The Hall–Kier alpha value is -1.88. The van der Waals surface area contributed by atoms with E-state index in [4.69, 9.17) is 9.84 Å². The van der Waals surface area contributed by atoms with Crippen molar-refractivity contribution >= 4 is 21.9 Å². The number of carbonyl (C=O) groups is 1. The molecule has 0 aliphatic heterocycles. The Morgan fingerprint density at radius 1 is 1.26 bits per heavy atom. The lowest BCUT2D eigenvalue weighted by Crippen LogP contribution is -2.03. The van der Waals surface area contributed by atoms with Crippen LogP contribution in [0.1, 0.15) is 15.9 Å². The summed E-state index contributed by atoms with van der Waals surface area (Å²) < 4.78 is 19.6. The normalized spacial score (nSPS) is 10.3. The predicted octanol–water partition coefficient (Wildman–Crippen LogP) is 4.39. The fourth-order valence-corrected chi connectivity index (χ4v) is 2.18. The molecule has 0 fully saturated rings. The second-order valence-electron chi connectivity index (χ2n) is 3.95. The molecule has 0 radical (unpaired) electrons. The summed E-state index contributed by atoms with van der Waals surface area (Å²) in [5.41, 5.74) is 0.548. The van der Waals surface area contributed by atoms with Crippen LogP contribution < -0.4 is 4.74 Å². The van der Waals surface area contributed by atoms with Crippen LogP contribution in [0.2, 0.25) is 0 Å². The van der Waals surface area contributed by atoms with Gasteiger partial charge in [-0.25, -0.2) is 9.18 Å². The van der Waals surface area contributed by atoms with E-state index in [-0.39, 0.29) is 5.75 Å². The van der Waals surface area contributed by atoms with Crippen LogP contribution in [0.4, 0.5) is 4.39 Å². The standard InChI is InChI=1S/C14H10BrFO3/c1-8-5-6-11(9(15)7-8)19-12-4-2-3-10(16)13(12)14(17)18/h2-7H,1H3,(H,17,18). The van der Waals surface area contributed by atoms with Gasteiger partial charge in [0.15, 0.2) is 0 Å². The fourth-order valence-electron chi connectivity index (χ4n) is 1.60. The minimum Gasteiger partial charge on any atom is -0.477 e. The number of aryl methyl sites for hydroxylation is 1. The van der Waals surface area contributed by atoms with Crippen LogP contribution in [0, 0.1) is 12.7 Å². The van der Waals surface area contributed by atoms with Gasteiger partial charge in [0.05, 0.1) is 4.47 Å². The zero-order chi connectivity index (χ0) is 14.0.